The van der Waals surface area contributed by atoms with Crippen molar-refractivity contribution in [1.29, 1.82) is 0 Å². The Labute approximate surface area is 202 Å². The SMILES string of the molecule is CCN(CC(=O)Nc1c(Cl)cccc1Cl)C(=O)c1ccc(N2CCCC(C)C2)c([N+](=O)[O-])c1. The van der Waals surface area contributed by atoms with E-state index in [1.807, 2.05) is 4.90 Å². The Morgan fingerprint density at radius 2 is 1.94 bits per heavy atom. The van der Waals surface area contributed by atoms with Gasteiger partial charge in [0.15, 0.2) is 0 Å². The van der Waals surface area contributed by atoms with Crippen LogP contribution in [0.25, 0.3) is 0 Å². The number of nitro groups is 1. The zero-order valence-electron chi connectivity index (χ0n) is 18.5. The van der Waals surface area contributed by atoms with E-state index >= 15 is 0 Å². The van der Waals surface area contributed by atoms with Gasteiger partial charge in [-0.15, -0.1) is 0 Å². The van der Waals surface area contributed by atoms with Gasteiger partial charge in [-0.1, -0.05) is 36.2 Å². The molecule has 1 unspecified atom stereocenters. The van der Waals surface area contributed by atoms with Gasteiger partial charge in [0.1, 0.15) is 12.2 Å². The highest BCUT2D eigenvalue weighted by Crippen LogP contribution is 2.33. The molecule has 176 valence electrons. The molecule has 8 nitrogen and oxygen atoms in total. The van der Waals surface area contributed by atoms with Gasteiger partial charge in [-0.3, -0.25) is 19.7 Å². The average molecular weight is 493 g/mol. The van der Waals surface area contributed by atoms with Crippen molar-refractivity contribution >= 4 is 52.1 Å². The third-order valence-electron chi connectivity index (χ3n) is 5.65. The van der Waals surface area contributed by atoms with E-state index in [1.54, 1.807) is 37.3 Å². The first-order valence-corrected chi connectivity index (χ1v) is 11.5. The number of hydrogen-bond acceptors (Lipinski definition) is 5. The molecule has 33 heavy (non-hydrogen) atoms. The predicted octanol–water partition coefficient (Wildman–Crippen LogP) is 5.24. The molecule has 0 aliphatic carbocycles. The molecular formula is C23H26Cl2N4O4. The van der Waals surface area contributed by atoms with E-state index in [-0.39, 0.29) is 40.1 Å². The minimum Gasteiger partial charge on any atom is -0.366 e. The molecule has 0 bridgehead atoms. The summed E-state index contributed by atoms with van der Waals surface area (Å²) < 4.78 is 0. The first-order valence-electron chi connectivity index (χ1n) is 10.8. The number of nitrogens with zero attached hydrogens (tertiary/aromatic N) is 3. The maximum Gasteiger partial charge on any atom is 0.293 e. The number of carbonyl (C=O) groups excluding carboxylic acids is 2. The van der Waals surface area contributed by atoms with Crippen LogP contribution in [-0.4, -0.2) is 47.8 Å². The molecule has 0 spiro atoms. The molecule has 1 aliphatic heterocycles. The molecule has 0 radical (unpaired) electrons. The fourth-order valence-electron chi connectivity index (χ4n) is 3.96. The van der Waals surface area contributed by atoms with E-state index in [0.717, 1.165) is 25.9 Å². The van der Waals surface area contributed by atoms with E-state index in [0.29, 0.717) is 11.6 Å². The van der Waals surface area contributed by atoms with Gasteiger partial charge in [0.05, 0.1) is 20.7 Å². The average Bonchev–Trinajstić information content (AvgIpc) is 2.79. The minimum atomic E-state index is -0.478. The number of hydrogen-bond donors (Lipinski definition) is 1. The quantitative estimate of drug-likeness (QED) is 0.421. The molecule has 2 aromatic rings. The summed E-state index contributed by atoms with van der Waals surface area (Å²) in [5.41, 5.74) is 0.821. The molecule has 1 N–H and O–H groups in total. The number of halogens is 2. The van der Waals surface area contributed by atoms with Crippen molar-refractivity contribution < 1.29 is 14.5 Å². The Hall–Kier alpha value is -2.84. The van der Waals surface area contributed by atoms with Gasteiger partial charge in [-0.25, -0.2) is 0 Å². The van der Waals surface area contributed by atoms with Gasteiger partial charge < -0.3 is 15.1 Å². The standard InChI is InChI=1S/C23H26Cl2N4O4/c1-3-27(14-21(30)26-22-17(24)7-4-8-18(22)25)23(31)16-9-10-19(20(12-16)29(32)33)28-11-5-6-15(2)13-28/h4,7-10,12,15H,3,5-6,11,13-14H2,1-2H3,(H,26,30). The summed E-state index contributed by atoms with van der Waals surface area (Å²) in [6.45, 7) is 5.31. The molecule has 2 aromatic carbocycles. The van der Waals surface area contributed by atoms with Gasteiger partial charge >= 0.3 is 0 Å². The normalized spacial score (nSPS) is 15.8. The second-order valence-electron chi connectivity index (χ2n) is 8.12. The Kier molecular flexibility index (Phi) is 8.15. The summed E-state index contributed by atoms with van der Waals surface area (Å²) in [6, 6.07) is 9.34. The van der Waals surface area contributed by atoms with Crippen molar-refractivity contribution in [3.8, 4) is 0 Å². The summed E-state index contributed by atoms with van der Waals surface area (Å²) in [7, 11) is 0. The summed E-state index contributed by atoms with van der Waals surface area (Å²) in [6.07, 6.45) is 2.06. The molecule has 0 saturated carbocycles. The van der Waals surface area contributed by atoms with Crippen LogP contribution in [0, 0.1) is 16.0 Å². The minimum absolute atomic E-state index is 0.113. The Morgan fingerprint density at radius 1 is 1.24 bits per heavy atom. The molecule has 3 rings (SSSR count). The molecule has 1 saturated heterocycles. The van der Waals surface area contributed by atoms with Crippen LogP contribution in [0.4, 0.5) is 17.1 Å². The number of nitro benzene ring substituents is 1. The van der Waals surface area contributed by atoms with Crippen LogP contribution >= 0.6 is 23.2 Å². The first-order chi connectivity index (χ1) is 15.7. The number of nitrogens with one attached hydrogen (secondary N) is 1. The summed E-state index contributed by atoms with van der Waals surface area (Å²) in [5, 5.41) is 15.0. The summed E-state index contributed by atoms with van der Waals surface area (Å²) in [5.74, 6) is -0.506. The van der Waals surface area contributed by atoms with Crippen LogP contribution in [0.5, 0.6) is 0 Å². The second kappa shape index (κ2) is 10.9. The highest BCUT2D eigenvalue weighted by molar-refractivity contribution is 6.39. The van der Waals surface area contributed by atoms with Gasteiger partial charge in [0, 0.05) is 31.3 Å². The molecule has 10 heteroatoms. The van der Waals surface area contributed by atoms with Crippen LogP contribution in [-0.2, 0) is 4.79 Å². The topological polar surface area (TPSA) is 95.8 Å². The van der Waals surface area contributed by atoms with Crippen LogP contribution in [0.15, 0.2) is 36.4 Å². The van der Waals surface area contributed by atoms with Crippen LogP contribution < -0.4 is 10.2 Å². The van der Waals surface area contributed by atoms with Crippen LogP contribution in [0.2, 0.25) is 10.0 Å². The highest BCUT2D eigenvalue weighted by atomic mass is 35.5. The monoisotopic (exact) mass is 492 g/mol. The highest BCUT2D eigenvalue weighted by Gasteiger charge is 2.27. The molecule has 1 heterocycles. The number of anilines is 2. The summed E-state index contributed by atoms with van der Waals surface area (Å²) >= 11 is 12.2. The Bertz CT molecular complexity index is 1040. The number of benzene rings is 2. The number of rotatable bonds is 7. The number of amides is 2. The third kappa shape index (κ3) is 5.94. The molecular weight excluding hydrogens is 467 g/mol. The predicted molar refractivity (Wildman–Crippen MR) is 130 cm³/mol. The molecule has 1 aliphatic rings. The zero-order valence-corrected chi connectivity index (χ0v) is 20.0. The zero-order chi connectivity index (χ0) is 24.1. The van der Waals surface area contributed by atoms with E-state index in [9.17, 15) is 19.7 Å². The third-order valence-corrected chi connectivity index (χ3v) is 6.28. The number of piperidine rings is 1. The molecule has 0 aromatic heterocycles. The Balaban J connectivity index is 1.78. The molecule has 2 amide bonds. The van der Waals surface area contributed by atoms with E-state index in [2.05, 4.69) is 12.2 Å². The maximum absolute atomic E-state index is 13.1. The van der Waals surface area contributed by atoms with Crippen LogP contribution in [0.3, 0.4) is 0 Å². The van der Waals surface area contributed by atoms with Gasteiger partial charge in [-0.2, -0.15) is 0 Å². The van der Waals surface area contributed by atoms with E-state index in [4.69, 9.17) is 23.2 Å². The number of likely N-dealkylation sites (N-methyl/N-ethyl adjacent to an activating group) is 1. The second-order valence-corrected chi connectivity index (χ2v) is 8.93. The summed E-state index contributed by atoms with van der Waals surface area (Å²) in [4.78, 5) is 40.2. The van der Waals surface area contributed by atoms with E-state index in [1.165, 1.54) is 11.0 Å². The van der Waals surface area contributed by atoms with E-state index < -0.39 is 16.7 Å². The van der Waals surface area contributed by atoms with Crippen molar-refractivity contribution in [3.05, 3.63) is 62.1 Å². The van der Waals surface area contributed by atoms with Gasteiger partial charge in [-0.05, 0) is 49.9 Å². The number of carbonyl (C=O) groups is 2. The fourth-order valence-corrected chi connectivity index (χ4v) is 4.45. The maximum atomic E-state index is 13.1. The smallest absolute Gasteiger partial charge is 0.293 e. The lowest BCUT2D eigenvalue weighted by atomic mass is 9.99. The fraction of sp³-hybridized carbons (Fsp3) is 0.391. The Morgan fingerprint density at radius 3 is 2.55 bits per heavy atom. The van der Waals surface area contributed by atoms with Crippen molar-refractivity contribution in [2.45, 2.75) is 26.7 Å². The van der Waals surface area contributed by atoms with Crippen molar-refractivity contribution in [2.75, 3.05) is 36.4 Å². The largest absolute Gasteiger partial charge is 0.366 e. The molecule has 1 atom stereocenters. The van der Waals surface area contributed by atoms with Gasteiger partial charge in [0.25, 0.3) is 11.6 Å². The first kappa shape index (κ1) is 24.8. The van der Waals surface area contributed by atoms with Crippen molar-refractivity contribution in [3.63, 3.8) is 0 Å². The van der Waals surface area contributed by atoms with Crippen molar-refractivity contribution in [2.24, 2.45) is 5.92 Å². The lowest BCUT2D eigenvalue weighted by Crippen LogP contribution is -2.38. The van der Waals surface area contributed by atoms with Gasteiger partial charge in [0.2, 0.25) is 5.91 Å². The lowest BCUT2D eigenvalue weighted by molar-refractivity contribution is -0.384. The molecule has 1 fully saturated rings. The van der Waals surface area contributed by atoms with Crippen LogP contribution in [0.1, 0.15) is 37.0 Å². The van der Waals surface area contributed by atoms with Crippen molar-refractivity contribution in [1.82, 2.24) is 4.90 Å². The number of para-hydroxylation sites is 1. The lowest BCUT2D eigenvalue weighted by Gasteiger charge is -2.32.